The van der Waals surface area contributed by atoms with Gasteiger partial charge in [0.05, 0.1) is 0 Å². The molecule has 2 aromatic rings. The Labute approximate surface area is 136 Å². The van der Waals surface area contributed by atoms with Gasteiger partial charge in [0, 0.05) is 5.69 Å². The SMILES string of the molecule is CC[C@@H](C)c1ccc(NC(=O)[C@H]2COc3ccccc3O2)cc1. The fourth-order valence-electron chi connectivity index (χ4n) is 2.50. The molecule has 0 aliphatic carbocycles. The van der Waals surface area contributed by atoms with Crippen LogP contribution in [0.5, 0.6) is 11.5 Å². The summed E-state index contributed by atoms with van der Waals surface area (Å²) in [5.74, 6) is 1.60. The van der Waals surface area contributed by atoms with Crippen LogP contribution < -0.4 is 14.8 Å². The van der Waals surface area contributed by atoms with Crippen LogP contribution in [0.3, 0.4) is 0 Å². The Morgan fingerprint density at radius 3 is 2.57 bits per heavy atom. The third-order valence-electron chi connectivity index (χ3n) is 4.16. The van der Waals surface area contributed by atoms with E-state index in [1.165, 1.54) is 5.56 Å². The molecule has 0 aromatic heterocycles. The molecule has 1 N–H and O–H groups in total. The van der Waals surface area contributed by atoms with E-state index in [4.69, 9.17) is 9.47 Å². The summed E-state index contributed by atoms with van der Waals surface area (Å²) in [7, 11) is 0. The monoisotopic (exact) mass is 311 g/mol. The molecular formula is C19H21NO3. The highest BCUT2D eigenvalue weighted by Gasteiger charge is 2.27. The van der Waals surface area contributed by atoms with Crippen LogP contribution in [0.25, 0.3) is 0 Å². The number of para-hydroxylation sites is 2. The van der Waals surface area contributed by atoms with E-state index < -0.39 is 6.10 Å². The number of nitrogens with one attached hydrogen (secondary N) is 1. The van der Waals surface area contributed by atoms with Crippen LogP contribution in [0, 0.1) is 0 Å². The first-order valence-electron chi connectivity index (χ1n) is 7.96. The number of hydrogen-bond donors (Lipinski definition) is 1. The predicted octanol–water partition coefficient (Wildman–Crippen LogP) is 3.98. The van der Waals surface area contributed by atoms with Crippen molar-refractivity contribution in [3.8, 4) is 11.5 Å². The number of benzene rings is 2. The molecule has 2 atom stereocenters. The van der Waals surface area contributed by atoms with Crippen LogP contribution in [0.4, 0.5) is 5.69 Å². The summed E-state index contributed by atoms with van der Waals surface area (Å²) in [4.78, 5) is 12.3. The quantitative estimate of drug-likeness (QED) is 0.929. The summed E-state index contributed by atoms with van der Waals surface area (Å²) in [6.45, 7) is 4.57. The smallest absolute Gasteiger partial charge is 0.269 e. The van der Waals surface area contributed by atoms with E-state index in [0.29, 0.717) is 17.4 Å². The summed E-state index contributed by atoms with van der Waals surface area (Å²) in [5.41, 5.74) is 2.04. The molecule has 0 radical (unpaired) electrons. The van der Waals surface area contributed by atoms with Crippen LogP contribution >= 0.6 is 0 Å². The van der Waals surface area contributed by atoms with Crippen LogP contribution in [0.15, 0.2) is 48.5 Å². The Morgan fingerprint density at radius 2 is 1.87 bits per heavy atom. The molecular weight excluding hydrogens is 290 g/mol. The van der Waals surface area contributed by atoms with Gasteiger partial charge < -0.3 is 14.8 Å². The summed E-state index contributed by atoms with van der Waals surface area (Å²) < 4.78 is 11.3. The van der Waals surface area contributed by atoms with Gasteiger partial charge in [0.2, 0.25) is 6.10 Å². The standard InChI is InChI=1S/C19H21NO3/c1-3-13(2)14-8-10-15(11-9-14)20-19(21)18-12-22-16-6-4-5-7-17(16)23-18/h4-11,13,18H,3,12H2,1-2H3,(H,20,21)/t13-,18-/m1/s1. The fourth-order valence-corrected chi connectivity index (χ4v) is 2.50. The van der Waals surface area contributed by atoms with Gasteiger partial charge in [-0.2, -0.15) is 0 Å². The van der Waals surface area contributed by atoms with E-state index in [-0.39, 0.29) is 12.5 Å². The maximum atomic E-state index is 12.3. The molecule has 1 aliphatic heterocycles. The molecule has 23 heavy (non-hydrogen) atoms. The second kappa shape index (κ2) is 6.73. The maximum Gasteiger partial charge on any atom is 0.269 e. The van der Waals surface area contributed by atoms with E-state index in [2.05, 4.69) is 31.3 Å². The van der Waals surface area contributed by atoms with Crippen LogP contribution in [0.1, 0.15) is 31.7 Å². The molecule has 120 valence electrons. The Hall–Kier alpha value is -2.49. The van der Waals surface area contributed by atoms with Crippen molar-refractivity contribution in [3.05, 3.63) is 54.1 Å². The summed E-state index contributed by atoms with van der Waals surface area (Å²) in [5, 5.41) is 2.88. The van der Waals surface area contributed by atoms with Crippen molar-refractivity contribution < 1.29 is 14.3 Å². The number of carbonyl (C=O) groups is 1. The highest BCUT2D eigenvalue weighted by atomic mass is 16.6. The van der Waals surface area contributed by atoms with Crippen molar-refractivity contribution in [2.24, 2.45) is 0 Å². The third-order valence-corrected chi connectivity index (χ3v) is 4.16. The number of anilines is 1. The summed E-state index contributed by atoms with van der Waals surface area (Å²) in [6, 6.07) is 15.3. The lowest BCUT2D eigenvalue weighted by Gasteiger charge is -2.25. The minimum atomic E-state index is -0.640. The van der Waals surface area contributed by atoms with Crippen molar-refractivity contribution >= 4 is 11.6 Å². The highest BCUT2D eigenvalue weighted by molar-refractivity contribution is 5.94. The highest BCUT2D eigenvalue weighted by Crippen LogP contribution is 2.31. The summed E-state index contributed by atoms with van der Waals surface area (Å²) in [6.07, 6.45) is 0.456. The van der Waals surface area contributed by atoms with E-state index >= 15 is 0 Å². The van der Waals surface area contributed by atoms with E-state index in [1.54, 1.807) is 6.07 Å². The van der Waals surface area contributed by atoms with E-state index in [9.17, 15) is 4.79 Å². The van der Waals surface area contributed by atoms with Crippen LogP contribution in [-0.2, 0) is 4.79 Å². The van der Waals surface area contributed by atoms with E-state index in [1.807, 2.05) is 30.3 Å². The van der Waals surface area contributed by atoms with Gasteiger partial charge >= 0.3 is 0 Å². The van der Waals surface area contributed by atoms with Crippen molar-refractivity contribution in [2.45, 2.75) is 32.3 Å². The van der Waals surface area contributed by atoms with Gasteiger partial charge in [-0.25, -0.2) is 0 Å². The molecule has 3 rings (SSSR count). The Kier molecular flexibility index (Phi) is 4.51. The lowest BCUT2D eigenvalue weighted by atomic mass is 9.99. The summed E-state index contributed by atoms with van der Waals surface area (Å²) >= 11 is 0. The Bertz CT molecular complexity index is 681. The van der Waals surface area contributed by atoms with Crippen molar-refractivity contribution in [3.63, 3.8) is 0 Å². The van der Waals surface area contributed by atoms with Crippen molar-refractivity contribution in [1.82, 2.24) is 0 Å². The minimum Gasteiger partial charge on any atom is -0.485 e. The lowest BCUT2D eigenvalue weighted by Crippen LogP contribution is -2.40. The minimum absolute atomic E-state index is 0.198. The number of amides is 1. The van der Waals surface area contributed by atoms with Gasteiger partial charge in [-0.3, -0.25) is 4.79 Å². The molecule has 0 saturated carbocycles. The maximum absolute atomic E-state index is 12.3. The van der Waals surface area contributed by atoms with Crippen molar-refractivity contribution in [2.75, 3.05) is 11.9 Å². The lowest BCUT2D eigenvalue weighted by molar-refractivity contribution is -0.125. The molecule has 4 heteroatoms. The molecule has 0 unspecified atom stereocenters. The van der Waals surface area contributed by atoms with Gasteiger partial charge in [-0.15, -0.1) is 0 Å². The molecule has 1 heterocycles. The zero-order chi connectivity index (χ0) is 16.2. The molecule has 0 saturated heterocycles. The number of carbonyl (C=O) groups excluding carboxylic acids is 1. The zero-order valence-electron chi connectivity index (χ0n) is 13.4. The number of hydrogen-bond acceptors (Lipinski definition) is 3. The van der Waals surface area contributed by atoms with Crippen LogP contribution in [0.2, 0.25) is 0 Å². The van der Waals surface area contributed by atoms with Gasteiger partial charge in [0.25, 0.3) is 5.91 Å². The number of ether oxygens (including phenoxy) is 2. The average molecular weight is 311 g/mol. The second-order valence-corrected chi connectivity index (χ2v) is 5.78. The first kappa shape index (κ1) is 15.4. The van der Waals surface area contributed by atoms with Crippen LogP contribution in [-0.4, -0.2) is 18.6 Å². The predicted molar refractivity (Wildman–Crippen MR) is 90.1 cm³/mol. The topological polar surface area (TPSA) is 47.6 Å². The molecule has 2 aromatic carbocycles. The van der Waals surface area contributed by atoms with Gasteiger partial charge in [0.1, 0.15) is 6.61 Å². The number of fused-ring (bicyclic) bond motifs is 1. The van der Waals surface area contributed by atoms with Crippen molar-refractivity contribution in [1.29, 1.82) is 0 Å². The molecule has 1 amide bonds. The Morgan fingerprint density at radius 1 is 1.17 bits per heavy atom. The first-order valence-corrected chi connectivity index (χ1v) is 7.96. The molecule has 1 aliphatic rings. The van der Waals surface area contributed by atoms with Gasteiger partial charge in [-0.1, -0.05) is 38.1 Å². The molecule has 4 nitrogen and oxygen atoms in total. The zero-order valence-corrected chi connectivity index (χ0v) is 13.4. The molecule has 0 bridgehead atoms. The third kappa shape index (κ3) is 3.47. The number of rotatable bonds is 4. The van der Waals surface area contributed by atoms with Gasteiger partial charge in [-0.05, 0) is 42.2 Å². The molecule has 0 fully saturated rings. The Balaban J connectivity index is 1.64. The second-order valence-electron chi connectivity index (χ2n) is 5.78. The normalized spacial score (nSPS) is 17.4. The average Bonchev–Trinajstić information content (AvgIpc) is 2.61. The molecule has 0 spiro atoms. The first-order chi connectivity index (χ1) is 11.2. The van der Waals surface area contributed by atoms with E-state index in [0.717, 1.165) is 12.1 Å². The fraction of sp³-hybridized carbons (Fsp3) is 0.316. The largest absolute Gasteiger partial charge is 0.485 e. The van der Waals surface area contributed by atoms with Gasteiger partial charge in [0.15, 0.2) is 11.5 Å².